The first-order chi connectivity index (χ1) is 15.5. The maximum Gasteiger partial charge on any atom is 0.242 e. The number of carbonyl (C=O) groups is 1. The van der Waals surface area contributed by atoms with E-state index in [1.807, 2.05) is 48.2 Å². The van der Waals surface area contributed by atoms with Gasteiger partial charge < -0.3 is 9.64 Å². The second kappa shape index (κ2) is 10.1. The van der Waals surface area contributed by atoms with Crippen LogP contribution in [0.5, 0.6) is 5.75 Å². The summed E-state index contributed by atoms with van der Waals surface area (Å²) in [5.41, 5.74) is 3.37. The molecule has 32 heavy (non-hydrogen) atoms. The number of benzene rings is 2. The molecule has 1 N–H and O–H groups in total. The molecule has 0 bridgehead atoms. The molecule has 1 aliphatic rings. The quantitative estimate of drug-likeness (QED) is 0.580. The molecule has 0 atom stereocenters. The molecule has 1 amide bonds. The number of H-pyrrole nitrogens is 1. The number of rotatable bonds is 6. The van der Waals surface area contributed by atoms with Gasteiger partial charge in [-0.15, -0.1) is 0 Å². The lowest BCUT2D eigenvalue weighted by Crippen LogP contribution is -2.37. The maximum absolute atomic E-state index is 13.1. The highest BCUT2D eigenvalue weighted by atomic mass is 32.1. The number of nitrogens with one attached hydrogen (secondary N) is 1. The number of aryl methyl sites for hydroxylation is 1. The van der Waals surface area contributed by atoms with E-state index in [1.54, 1.807) is 11.7 Å². The number of ether oxygens (including phenoxy) is 1. The SMILES string of the molecule is COc1ccc(CN2CCCN(C(=O)Cn3c(-c4ccc(C)cc4)n[nH]c3=S)CC2)cc1. The normalized spacial score (nSPS) is 14.9. The Morgan fingerprint density at radius 1 is 1.06 bits per heavy atom. The minimum Gasteiger partial charge on any atom is -0.497 e. The predicted octanol–water partition coefficient (Wildman–Crippen LogP) is 3.66. The Hall–Kier alpha value is -2.97. The molecule has 2 heterocycles. The summed E-state index contributed by atoms with van der Waals surface area (Å²) in [6.45, 7) is 6.38. The summed E-state index contributed by atoms with van der Waals surface area (Å²) in [6.07, 6.45) is 0.948. The van der Waals surface area contributed by atoms with Gasteiger partial charge >= 0.3 is 0 Å². The number of hydrogen-bond acceptors (Lipinski definition) is 5. The predicted molar refractivity (Wildman–Crippen MR) is 127 cm³/mol. The Labute approximate surface area is 193 Å². The number of hydrogen-bond donors (Lipinski definition) is 1. The van der Waals surface area contributed by atoms with Gasteiger partial charge in [-0.05, 0) is 43.3 Å². The molecule has 8 heteroatoms. The molecule has 2 aromatic carbocycles. The summed E-state index contributed by atoms with van der Waals surface area (Å²) in [6, 6.07) is 16.2. The van der Waals surface area contributed by atoms with Gasteiger partial charge in [-0.1, -0.05) is 42.0 Å². The van der Waals surface area contributed by atoms with E-state index < -0.39 is 0 Å². The van der Waals surface area contributed by atoms with E-state index in [1.165, 1.54) is 11.1 Å². The highest BCUT2D eigenvalue weighted by Crippen LogP contribution is 2.19. The van der Waals surface area contributed by atoms with Crippen molar-refractivity contribution >= 4 is 18.1 Å². The van der Waals surface area contributed by atoms with Crippen LogP contribution < -0.4 is 4.74 Å². The second-order valence-electron chi connectivity index (χ2n) is 8.16. The summed E-state index contributed by atoms with van der Waals surface area (Å²) in [5.74, 6) is 1.63. The smallest absolute Gasteiger partial charge is 0.242 e. The van der Waals surface area contributed by atoms with Crippen molar-refractivity contribution in [3.05, 3.63) is 64.4 Å². The molecule has 0 unspecified atom stereocenters. The fraction of sp³-hybridized carbons (Fsp3) is 0.375. The lowest BCUT2D eigenvalue weighted by Gasteiger charge is -2.22. The first kappa shape index (κ1) is 22.2. The zero-order valence-electron chi connectivity index (χ0n) is 18.6. The number of amides is 1. The molecule has 4 rings (SSSR count). The molecule has 1 aromatic heterocycles. The summed E-state index contributed by atoms with van der Waals surface area (Å²) < 4.78 is 7.50. The van der Waals surface area contributed by atoms with Gasteiger partial charge in [-0.3, -0.25) is 19.4 Å². The average Bonchev–Trinajstić information content (AvgIpc) is 3.01. The topological polar surface area (TPSA) is 66.4 Å². The van der Waals surface area contributed by atoms with Crippen LogP contribution in [0.2, 0.25) is 0 Å². The van der Waals surface area contributed by atoms with Crippen LogP contribution in [-0.2, 0) is 17.9 Å². The van der Waals surface area contributed by atoms with Gasteiger partial charge in [0.1, 0.15) is 12.3 Å². The fourth-order valence-electron chi connectivity index (χ4n) is 3.99. The summed E-state index contributed by atoms with van der Waals surface area (Å²) >= 11 is 5.41. The van der Waals surface area contributed by atoms with Crippen molar-refractivity contribution in [2.45, 2.75) is 26.4 Å². The van der Waals surface area contributed by atoms with Gasteiger partial charge in [-0.25, -0.2) is 0 Å². The molecule has 1 fully saturated rings. The molecule has 0 aliphatic carbocycles. The van der Waals surface area contributed by atoms with Gasteiger partial charge in [0.2, 0.25) is 5.91 Å². The van der Waals surface area contributed by atoms with E-state index >= 15 is 0 Å². The average molecular weight is 452 g/mol. The third-order valence-electron chi connectivity index (χ3n) is 5.87. The summed E-state index contributed by atoms with van der Waals surface area (Å²) in [7, 11) is 1.68. The Kier molecular flexibility index (Phi) is 7.02. The van der Waals surface area contributed by atoms with E-state index in [2.05, 4.69) is 27.2 Å². The van der Waals surface area contributed by atoms with Crippen molar-refractivity contribution in [2.24, 2.45) is 0 Å². The minimum atomic E-state index is 0.0714. The third kappa shape index (κ3) is 5.26. The number of nitrogens with zero attached hydrogens (tertiary/aromatic N) is 4. The monoisotopic (exact) mass is 451 g/mol. The molecular weight excluding hydrogens is 422 g/mol. The highest BCUT2D eigenvalue weighted by Gasteiger charge is 2.21. The number of carbonyl (C=O) groups excluding carboxylic acids is 1. The van der Waals surface area contributed by atoms with E-state index in [0.717, 1.165) is 43.9 Å². The maximum atomic E-state index is 13.1. The van der Waals surface area contributed by atoms with E-state index in [9.17, 15) is 4.79 Å². The first-order valence-electron chi connectivity index (χ1n) is 10.9. The Morgan fingerprint density at radius 2 is 1.81 bits per heavy atom. The molecule has 1 saturated heterocycles. The highest BCUT2D eigenvalue weighted by molar-refractivity contribution is 7.71. The van der Waals surface area contributed by atoms with Crippen LogP contribution >= 0.6 is 12.2 Å². The Morgan fingerprint density at radius 3 is 2.53 bits per heavy atom. The van der Waals surface area contributed by atoms with Crippen molar-refractivity contribution in [3.63, 3.8) is 0 Å². The zero-order chi connectivity index (χ0) is 22.5. The van der Waals surface area contributed by atoms with Crippen LogP contribution in [0, 0.1) is 11.7 Å². The van der Waals surface area contributed by atoms with E-state index in [0.29, 0.717) is 17.1 Å². The summed E-state index contributed by atoms with van der Waals surface area (Å²) in [5, 5.41) is 7.20. The zero-order valence-corrected chi connectivity index (χ0v) is 19.4. The first-order valence-corrected chi connectivity index (χ1v) is 11.3. The standard InChI is InChI=1S/C24H29N5O2S/c1-18-4-8-20(9-5-18)23-25-26-24(32)29(23)17-22(30)28-13-3-12-27(14-15-28)16-19-6-10-21(31-2)11-7-19/h4-11H,3,12-17H2,1-2H3,(H,26,32). The molecule has 1 aliphatic heterocycles. The van der Waals surface area contributed by atoms with Gasteiger partial charge in [0.25, 0.3) is 0 Å². The Balaban J connectivity index is 1.39. The number of aromatic nitrogens is 3. The lowest BCUT2D eigenvalue weighted by molar-refractivity contribution is -0.131. The molecule has 0 radical (unpaired) electrons. The molecule has 3 aromatic rings. The van der Waals surface area contributed by atoms with Crippen molar-refractivity contribution in [1.29, 1.82) is 0 Å². The number of methoxy groups -OCH3 is 1. The van der Waals surface area contributed by atoms with Gasteiger partial charge in [0.15, 0.2) is 10.6 Å². The van der Waals surface area contributed by atoms with E-state index in [-0.39, 0.29) is 12.5 Å². The third-order valence-corrected chi connectivity index (χ3v) is 6.18. The second-order valence-corrected chi connectivity index (χ2v) is 8.55. The largest absolute Gasteiger partial charge is 0.497 e. The van der Waals surface area contributed by atoms with Crippen LogP contribution in [0.4, 0.5) is 0 Å². The lowest BCUT2D eigenvalue weighted by atomic mass is 10.1. The van der Waals surface area contributed by atoms with Crippen LogP contribution in [0.25, 0.3) is 11.4 Å². The minimum absolute atomic E-state index is 0.0714. The summed E-state index contributed by atoms with van der Waals surface area (Å²) in [4.78, 5) is 17.5. The van der Waals surface area contributed by atoms with Crippen LogP contribution in [0.15, 0.2) is 48.5 Å². The van der Waals surface area contributed by atoms with Crippen molar-refractivity contribution in [3.8, 4) is 17.1 Å². The van der Waals surface area contributed by atoms with Crippen molar-refractivity contribution in [2.75, 3.05) is 33.3 Å². The van der Waals surface area contributed by atoms with Gasteiger partial charge in [0.05, 0.1) is 7.11 Å². The van der Waals surface area contributed by atoms with Gasteiger partial charge in [-0.2, -0.15) is 5.10 Å². The fourth-order valence-corrected chi connectivity index (χ4v) is 4.19. The molecule has 0 spiro atoms. The number of aromatic amines is 1. The van der Waals surface area contributed by atoms with Gasteiger partial charge in [0, 0.05) is 38.3 Å². The molecule has 168 valence electrons. The van der Waals surface area contributed by atoms with E-state index in [4.69, 9.17) is 17.0 Å². The molecular formula is C24H29N5O2S. The van der Waals surface area contributed by atoms with Crippen LogP contribution in [-0.4, -0.2) is 63.8 Å². The molecule has 0 saturated carbocycles. The van der Waals surface area contributed by atoms with Crippen LogP contribution in [0.3, 0.4) is 0 Å². The van der Waals surface area contributed by atoms with Crippen LogP contribution in [0.1, 0.15) is 17.5 Å². The van der Waals surface area contributed by atoms with Crippen molar-refractivity contribution < 1.29 is 9.53 Å². The van der Waals surface area contributed by atoms with Crippen molar-refractivity contribution in [1.82, 2.24) is 24.6 Å². The Bertz CT molecular complexity index is 1100. The molecule has 7 nitrogen and oxygen atoms in total.